The number of pyridine rings is 1. The third-order valence-electron chi connectivity index (χ3n) is 18.6. The van der Waals surface area contributed by atoms with Crippen molar-refractivity contribution in [3.63, 3.8) is 0 Å². The Morgan fingerprint density at radius 1 is 0.212 bits per heavy atom. The van der Waals surface area contributed by atoms with E-state index >= 15 is 0 Å². The topological polar surface area (TPSA) is 168 Å². The van der Waals surface area contributed by atoms with Crippen LogP contribution in [0.1, 0.15) is 0 Å². The first-order valence-electron chi connectivity index (χ1n) is 33.9. The molecule has 486 valence electrons. The first kappa shape index (κ1) is 61.4. The van der Waals surface area contributed by atoms with Crippen molar-refractivity contribution < 1.29 is 0 Å². The Kier molecular flexibility index (Phi) is 15.6. The summed E-state index contributed by atoms with van der Waals surface area (Å²) in [6.45, 7) is 0. The average Bonchev–Trinajstić information content (AvgIpc) is 1.59. The van der Waals surface area contributed by atoms with Crippen LogP contribution in [-0.4, -0.2) is 65.3 Å². The quantitative estimate of drug-likeness (QED) is 0.120. The van der Waals surface area contributed by atoms with E-state index in [-0.39, 0.29) is 0 Å². The fraction of sp³-hybridized carbons (Fsp3) is 0. The fourth-order valence-corrected chi connectivity index (χ4v) is 15.6. The van der Waals surface area contributed by atoms with Gasteiger partial charge in [-0.15, -0.1) is 32.9 Å². The standard InChI is InChI=1S/C45H27N7S.C44H26N6S/c1-3-11-30(12-4-1)42-50-43(31-13-5-2-6-14-31)52-44(51-42)35-18-10-17-34(26-35)33-16-9-15-32(25-33)28-21-23-29(24-22-28)38-41-39(47-27-46-38)40-45(53-41)49-37-20-8-7-19-36(37)48-40;1-2-9-30(10-3-1)39-40(46-38-16-7-6-15-37(38)45-39)34-13-8-12-32(25-34)29-19-17-27(18-20-29)28-21-23-31(24-22-28)41-43-42(49-50-48-41)35-26-33-11-4-5-14-36(33)47-44(35)51-43/h1-27H;1-26H. The smallest absolute Gasteiger partial charge is 0.164 e. The number of aromatic nitrogens is 13. The zero-order valence-electron chi connectivity index (χ0n) is 55.2. The molecule has 12 aromatic carbocycles. The number of para-hydroxylation sites is 5. The summed E-state index contributed by atoms with van der Waals surface area (Å²) >= 11 is 3.20. The molecule has 0 radical (unpaired) electrons. The molecule has 8 aromatic heterocycles. The molecule has 0 saturated carbocycles. The van der Waals surface area contributed by atoms with Gasteiger partial charge in [-0.2, -0.15) is 0 Å². The number of hydrogen-bond acceptors (Lipinski definition) is 15. The second-order valence-electron chi connectivity index (χ2n) is 25.1. The first-order valence-corrected chi connectivity index (χ1v) is 35.6. The molecule has 0 N–H and O–H groups in total. The monoisotopic (exact) mass is 1370 g/mol. The Labute approximate surface area is 603 Å². The Balaban J connectivity index is 0.000000143. The van der Waals surface area contributed by atoms with Gasteiger partial charge in [0, 0.05) is 49.7 Å². The molecule has 20 aromatic rings. The third-order valence-corrected chi connectivity index (χ3v) is 20.8. The summed E-state index contributed by atoms with van der Waals surface area (Å²) in [5.41, 5.74) is 26.2. The largest absolute Gasteiger partial charge is 0.244 e. The highest BCUT2D eigenvalue weighted by atomic mass is 32.1. The van der Waals surface area contributed by atoms with Gasteiger partial charge in [0.15, 0.2) is 17.5 Å². The number of thiophene rings is 2. The van der Waals surface area contributed by atoms with Gasteiger partial charge in [-0.25, -0.2) is 49.8 Å². The molecule has 0 saturated heterocycles. The Morgan fingerprint density at radius 3 is 1.18 bits per heavy atom. The van der Waals surface area contributed by atoms with Crippen molar-refractivity contribution in [2.45, 2.75) is 0 Å². The van der Waals surface area contributed by atoms with Crippen molar-refractivity contribution in [1.82, 2.24) is 65.3 Å². The molecule has 13 nitrogen and oxygen atoms in total. The van der Waals surface area contributed by atoms with Gasteiger partial charge < -0.3 is 0 Å². The number of nitrogens with zero attached hydrogens (tertiary/aromatic N) is 13. The minimum atomic E-state index is 0.628. The molecule has 0 fully saturated rings. The van der Waals surface area contributed by atoms with Crippen LogP contribution in [0.5, 0.6) is 0 Å². The lowest BCUT2D eigenvalue weighted by Crippen LogP contribution is -2.00. The van der Waals surface area contributed by atoms with Gasteiger partial charge in [-0.1, -0.05) is 261 Å². The van der Waals surface area contributed by atoms with E-state index in [1.165, 1.54) is 0 Å². The second-order valence-corrected chi connectivity index (χ2v) is 27.1. The van der Waals surface area contributed by atoms with Crippen LogP contribution in [0.15, 0.2) is 322 Å². The Hall–Kier alpha value is -13.7. The zero-order valence-corrected chi connectivity index (χ0v) is 56.9. The number of hydrogen-bond donors (Lipinski definition) is 0. The molecule has 20 rings (SSSR count). The van der Waals surface area contributed by atoms with E-state index in [0.717, 1.165) is 180 Å². The molecule has 0 aliphatic rings. The molecule has 104 heavy (non-hydrogen) atoms. The van der Waals surface area contributed by atoms with Gasteiger partial charge in [0.05, 0.1) is 54.1 Å². The van der Waals surface area contributed by atoms with Crippen molar-refractivity contribution >= 4 is 96.6 Å². The van der Waals surface area contributed by atoms with Gasteiger partial charge in [-0.3, -0.25) is 0 Å². The molecule has 0 unspecified atom stereocenters. The van der Waals surface area contributed by atoms with E-state index < -0.39 is 0 Å². The molecule has 15 heteroatoms. The first-order chi connectivity index (χ1) is 51.5. The predicted molar refractivity (Wildman–Crippen MR) is 422 cm³/mol. The molecule has 8 heterocycles. The molecule has 0 amide bonds. The molecule has 0 aliphatic carbocycles. The van der Waals surface area contributed by atoms with Gasteiger partial charge in [0.1, 0.15) is 38.2 Å². The van der Waals surface area contributed by atoms with E-state index in [0.29, 0.717) is 17.5 Å². The summed E-state index contributed by atoms with van der Waals surface area (Å²) in [6, 6.07) is 108. The maximum absolute atomic E-state index is 5.10. The molecule has 0 aliphatic heterocycles. The minimum Gasteiger partial charge on any atom is -0.244 e. The highest BCUT2D eigenvalue weighted by Crippen LogP contribution is 2.42. The number of benzene rings is 12. The van der Waals surface area contributed by atoms with E-state index in [9.17, 15) is 0 Å². The summed E-state index contributed by atoms with van der Waals surface area (Å²) in [7, 11) is 0. The summed E-state index contributed by atoms with van der Waals surface area (Å²) < 4.78 is 1.98. The van der Waals surface area contributed by atoms with Crippen LogP contribution < -0.4 is 0 Å². The van der Waals surface area contributed by atoms with Crippen LogP contribution in [0.2, 0.25) is 0 Å². The lowest BCUT2D eigenvalue weighted by molar-refractivity contribution is 0.904. The summed E-state index contributed by atoms with van der Waals surface area (Å²) in [6.07, 6.45) is 1.62. The van der Waals surface area contributed by atoms with Crippen molar-refractivity contribution in [3.8, 4) is 124 Å². The van der Waals surface area contributed by atoms with Gasteiger partial charge in [-0.05, 0) is 104 Å². The SMILES string of the molecule is c1ccc(-c2nc(-c3ccccc3)nc(-c3cccc(-c4cccc(-c5ccc(-c6ncnc7c6sc6nc8ccccc8nc67)cc5)c4)c3)n2)cc1.c1ccc(-c2nc3ccccc3nc2-c2cccc(-c3ccc(-c4ccc(-c5nnnc6c5sc5nc7ccccc7cc56)cc4)cc3)c2)cc1. The molecule has 0 bridgehead atoms. The Bertz CT molecular complexity index is 6600. The highest BCUT2D eigenvalue weighted by Gasteiger charge is 2.21. The zero-order chi connectivity index (χ0) is 68.9. The van der Waals surface area contributed by atoms with E-state index in [2.05, 4.69) is 190 Å². The molecule has 0 atom stereocenters. The van der Waals surface area contributed by atoms with Crippen molar-refractivity contribution in [3.05, 3.63) is 322 Å². The third kappa shape index (κ3) is 11.7. The van der Waals surface area contributed by atoms with E-state index in [1.54, 1.807) is 29.0 Å². The van der Waals surface area contributed by atoms with Crippen LogP contribution in [0.4, 0.5) is 0 Å². The van der Waals surface area contributed by atoms with Crippen LogP contribution in [0.25, 0.3) is 198 Å². The summed E-state index contributed by atoms with van der Waals surface area (Å²) in [4.78, 5) is 50.7. The van der Waals surface area contributed by atoms with Crippen LogP contribution >= 0.6 is 22.7 Å². The number of rotatable bonds is 11. The van der Waals surface area contributed by atoms with E-state index in [1.807, 2.05) is 146 Å². The highest BCUT2D eigenvalue weighted by molar-refractivity contribution is 7.26. The second kappa shape index (κ2) is 26.4. The molecule has 0 spiro atoms. The predicted octanol–water partition coefficient (Wildman–Crippen LogP) is 22.0. The van der Waals surface area contributed by atoms with E-state index in [4.69, 9.17) is 44.9 Å². The average molecular weight is 1370 g/mol. The lowest BCUT2D eigenvalue weighted by atomic mass is 9.96. The van der Waals surface area contributed by atoms with Crippen molar-refractivity contribution in [2.75, 3.05) is 0 Å². The van der Waals surface area contributed by atoms with Crippen molar-refractivity contribution in [1.29, 1.82) is 0 Å². The van der Waals surface area contributed by atoms with Gasteiger partial charge in [0.2, 0.25) is 0 Å². The van der Waals surface area contributed by atoms with Crippen LogP contribution in [0, 0.1) is 0 Å². The maximum Gasteiger partial charge on any atom is 0.164 e. The Morgan fingerprint density at radius 2 is 0.596 bits per heavy atom. The minimum absolute atomic E-state index is 0.628. The fourth-order valence-electron chi connectivity index (χ4n) is 13.4. The number of fused-ring (bicyclic) bond motifs is 9. The maximum atomic E-state index is 5.10. The summed E-state index contributed by atoms with van der Waals surface area (Å²) in [5.74, 6) is 1.91. The summed E-state index contributed by atoms with van der Waals surface area (Å²) in [5, 5.41) is 15.1. The van der Waals surface area contributed by atoms with Crippen molar-refractivity contribution in [2.24, 2.45) is 0 Å². The van der Waals surface area contributed by atoms with Crippen LogP contribution in [0.3, 0.4) is 0 Å². The normalized spacial score (nSPS) is 11.5. The molecular formula is C89H53N13S2. The molecular weight excluding hydrogens is 1320 g/mol. The lowest BCUT2D eigenvalue weighted by Gasteiger charge is -2.12. The van der Waals surface area contributed by atoms with Crippen LogP contribution in [-0.2, 0) is 0 Å². The van der Waals surface area contributed by atoms with Gasteiger partial charge in [0.25, 0.3) is 0 Å². The van der Waals surface area contributed by atoms with Gasteiger partial charge >= 0.3 is 0 Å².